The molecule has 99 heavy (non-hydrogen) atoms. The molecule has 15 N–H and O–H groups in total. The number of hydrogen-bond acceptors (Lipinski definition) is 36. The van der Waals surface area contributed by atoms with Crippen molar-refractivity contribution < 1.29 is 156 Å². The molecule has 0 spiro atoms. The minimum Gasteiger partial charge on any atom is -0.550 e. The van der Waals surface area contributed by atoms with Gasteiger partial charge in [-0.15, -0.1) is 0 Å². The summed E-state index contributed by atoms with van der Waals surface area (Å²) in [5, 5.41) is 173. The summed E-state index contributed by atoms with van der Waals surface area (Å²) in [5.74, 6) is -5.69. The Hall–Kier alpha value is -4.97. The van der Waals surface area contributed by atoms with Crippen LogP contribution in [0.1, 0.15) is 165 Å². The van der Waals surface area contributed by atoms with Crippen molar-refractivity contribution in [3.63, 3.8) is 0 Å². The zero-order valence-electron chi connectivity index (χ0n) is 57.3. The van der Waals surface area contributed by atoms with Crippen LogP contribution in [0.3, 0.4) is 0 Å². The number of esters is 1. The van der Waals surface area contributed by atoms with Gasteiger partial charge in [0.25, 0.3) is 0 Å². The van der Waals surface area contributed by atoms with E-state index >= 15 is 0 Å². The van der Waals surface area contributed by atoms with E-state index in [4.69, 9.17) is 98.2 Å². The van der Waals surface area contributed by atoms with E-state index in [2.05, 4.69) is 42.5 Å². The molecular formula is C62H104CuN8O28-6. The summed E-state index contributed by atoms with van der Waals surface area (Å²) < 4.78 is 20.6. The average molecular weight is 1470 g/mol. The van der Waals surface area contributed by atoms with E-state index in [1.807, 2.05) is 0 Å². The van der Waals surface area contributed by atoms with Crippen molar-refractivity contribution in [1.82, 2.24) is 42.5 Å². The first-order valence-corrected chi connectivity index (χ1v) is 33.1. The van der Waals surface area contributed by atoms with E-state index in [0.717, 1.165) is 110 Å². The van der Waals surface area contributed by atoms with Crippen LogP contribution < -0.4 is 83.4 Å². The maximum Gasteiger partial charge on any atom is 2.00 e. The second-order valence-electron chi connectivity index (χ2n) is 25.7. The molecular weight excluding hydrogens is 1370 g/mol. The van der Waals surface area contributed by atoms with E-state index in [1.165, 1.54) is 103 Å². The summed E-state index contributed by atoms with van der Waals surface area (Å²) in [6.45, 7) is 6.71. The van der Waals surface area contributed by atoms with Gasteiger partial charge in [0.05, 0.1) is 62.5 Å². The molecule has 11 rings (SSSR count). The molecule has 0 amide bonds. The van der Waals surface area contributed by atoms with Gasteiger partial charge in [0.1, 0.15) is 49.3 Å². The molecule has 7 saturated heterocycles. The maximum atomic E-state index is 11.1. The van der Waals surface area contributed by atoms with Gasteiger partial charge in [0, 0.05) is 54.7 Å². The van der Waals surface area contributed by atoms with Crippen molar-refractivity contribution in [2.75, 3.05) is 19.8 Å². The molecule has 4 saturated carbocycles. The number of aliphatic hydroxyl groups excluding tert-OH is 7. The Balaban J connectivity index is 0.000000711. The monoisotopic (exact) mass is 1470 g/mol. The Kier molecular flexibility index (Phi) is 42.7. The first-order chi connectivity index (χ1) is 45.8. The number of nitrogens with one attached hydrogen (secondary N) is 8. The quantitative estimate of drug-likeness (QED) is 0.0867. The molecule has 37 heteroatoms. The van der Waals surface area contributed by atoms with Crippen LogP contribution in [0.5, 0.6) is 0 Å². The average Bonchev–Trinajstić information content (AvgIpc) is 1.68. The van der Waals surface area contributed by atoms with Gasteiger partial charge >= 0.3 is 23.0 Å². The largest absolute Gasteiger partial charge is 2.00 e. The Labute approximate surface area is 586 Å². The van der Waals surface area contributed by atoms with Crippen LogP contribution in [0, 0.1) is 47.3 Å². The van der Waals surface area contributed by atoms with Crippen LogP contribution in [0.25, 0.3) is 0 Å². The summed E-state index contributed by atoms with van der Waals surface area (Å²) in [5.41, 5.74) is 0. The molecule has 8 unspecified atom stereocenters. The summed E-state index contributed by atoms with van der Waals surface area (Å²) >= 11 is 0. The molecule has 0 aromatic carbocycles. The van der Waals surface area contributed by atoms with E-state index < -0.39 is 128 Å². The second-order valence-corrected chi connectivity index (χ2v) is 25.7. The van der Waals surface area contributed by atoms with Gasteiger partial charge in [-0.2, -0.15) is 0 Å². The van der Waals surface area contributed by atoms with Gasteiger partial charge in [0.15, 0.2) is 6.29 Å². The van der Waals surface area contributed by atoms with Gasteiger partial charge in [-0.1, -0.05) is 51.4 Å². The number of hydrogen-bond donors (Lipinski definition) is 15. The zero-order valence-corrected chi connectivity index (χ0v) is 58.2. The number of fused-ring (bicyclic) bond motifs is 20. The summed E-state index contributed by atoms with van der Waals surface area (Å²) in [6, 6.07) is 0. The van der Waals surface area contributed by atoms with Crippen LogP contribution in [0.2, 0.25) is 0 Å². The molecule has 577 valence electrons. The molecule has 7 aliphatic heterocycles. The van der Waals surface area contributed by atoms with Gasteiger partial charge in [-0.05, 0) is 154 Å². The number of carbonyl (C=O) groups excluding carboxylic acids is 9. The normalized spacial score (nSPS) is 37.5. The van der Waals surface area contributed by atoms with E-state index in [1.54, 1.807) is 0 Å². The Morgan fingerprint density at radius 1 is 0.364 bits per heavy atom. The smallest absolute Gasteiger partial charge is 0.550 e. The predicted molar refractivity (Wildman–Crippen MR) is 321 cm³/mol. The first-order valence-electron chi connectivity index (χ1n) is 33.1. The standard InChI is InChI=1S/C32H56N8.C14H24O12.8C2H4O2.Cu/c1-2-10-18-17(9-1)25-33-26(18)38-28-21-13-5-6-14-22(21)30(35-28)40-32-24-16-8-7-15-23(24)31(36-32)39-29-20-12-4-3-11-19(20)27(34-29)37-25;1-5(17)23-4-14(12(22)9(19)7(3-16)25-14)26-13-11(21)10(20)8(18)6(2-15)24-13;8*1-2(3)4;/h17-40H,1-16H2;6-13,15-16,18-22H,2-4H2,1H3;8*1H3,(H,3,4);/q;;;;;;;;;;+2/p-8/t;6-,7-,8-,9-,10+,11-,12+,13-,14+;;;;;;;;;/m.1........./s1. The number of carbonyl (C=O) groups is 9. The van der Waals surface area contributed by atoms with Crippen molar-refractivity contribution in [3.8, 4) is 0 Å². The number of ether oxygens (including phenoxy) is 4. The Morgan fingerprint density at radius 2 is 0.576 bits per heavy atom. The number of aliphatic hydroxyl groups is 7. The second kappa shape index (κ2) is 45.9. The predicted octanol–water partition coefficient (Wildman–Crippen LogP) is -12.2. The van der Waals surface area contributed by atoms with E-state index in [-0.39, 0.29) is 17.1 Å². The van der Waals surface area contributed by atoms with Crippen molar-refractivity contribution in [2.24, 2.45) is 47.3 Å². The van der Waals surface area contributed by atoms with Crippen molar-refractivity contribution in [3.05, 3.63) is 0 Å². The number of rotatable bonds is 6. The molecule has 0 aromatic rings. The molecule has 4 aliphatic carbocycles. The fraction of sp³-hybridized carbons (Fsp3) is 0.855. The van der Waals surface area contributed by atoms with Gasteiger partial charge in [0.2, 0.25) is 5.79 Å². The third kappa shape index (κ3) is 31.3. The van der Waals surface area contributed by atoms with Crippen LogP contribution in [0.4, 0.5) is 0 Å². The van der Waals surface area contributed by atoms with Crippen molar-refractivity contribution in [1.29, 1.82) is 0 Å². The molecule has 36 nitrogen and oxygen atoms in total. The van der Waals surface area contributed by atoms with Crippen LogP contribution in [0.15, 0.2) is 0 Å². The molecule has 8 bridgehead atoms. The summed E-state index contributed by atoms with van der Waals surface area (Å²) in [4.78, 5) is 82.2. The number of carboxylic acids is 8. The fourth-order valence-corrected chi connectivity index (χ4v) is 14.8. The molecule has 11 aliphatic rings. The number of aliphatic carboxylic acids is 8. The van der Waals surface area contributed by atoms with Crippen molar-refractivity contribution >= 4 is 53.7 Å². The van der Waals surface area contributed by atoms with Gasteiger partial charge in [-0.25, -0.2) is 0 Å². The molecule has 0 aromatic heterocycles. The minimum atomic E-state index is -2.23. The van der Waals surface area contributed by atoms with Crippen LogP contribution in [-0.4, -0.2) is 213 Å². The molecule has 17 atom stereocenters. The SMILES string of the molecule is C1CCC2C3NC(NC4NC(NC5NC(NC6NC(N3)C3CCCCC63)C3CCCCC53)C3CCCCC43)C2C1.CC(=O)OC[C@@]1(O[C@H]2O[C@H](CO)[C@@H](O)[C@H](O)[C@H]2O)O[C@H](CO)[C@@H](O)[C@@H]1O.CC(=O)[O-].CC(=O)[O-].CC(=O)[O-].CC(=O)[O-].CC(=O)[O-].CC(=O)[O-].CC(=O)[O-].CC(=O)[O-].[Cu+2]. The van der Waals surface area contributed by atoms with Crippen molar-refractivity contribution in [2.45, 2.75) is 269 Å². The van der Waals surface area contributed by atoms with E-state index in [0.29, 0.717) is 49.3 Å². The van der Waals surface area contributed by atoms with Gasteiger partial charge < -0.3 is 134 Å². The zero-order chi connectivity index (χ0) is 74.5. The molecule has 7 heterocycles. The molecule has 1 radical (unpaired) electrons. The van der Waals surface area contributed by atoms with Crippen LogP contribution in [-0.2, 0) is 79.2 Å². The van der Waals surface area contributed by atoms with Gasteiger partial charge in [-0.3, -0.25) is 47.3 Å². The minimum absolute atomic E-state index is 0. The third-order valence-electron chi connectivity index (χ3n) is 18.1. The maximum absolute atomic E-state index is 11.1. The molecule has 11 fully saturated rings. The summed E-state index contributed by atoms with van der Waals surface area (Å²) in [7, 11) is 0. The third-order valence-corrected chi connectivity index (χ3v) is 18.1. The Bertz CT molecular complexity index is 2100. The number of carboxylic acid groups (broad SMARTS) is 8. The van der Waals surface area contributed by atoms with E-state index in [9.17, 15) is 40.5 Å². The fourth-order valence-electron chi connectivity index (χ4n) is 14.8. The Morgan fingerprint density at radius 3 is 0.758 bits per heavy atom. The summed E-state index contributed by atoms with van der Waals surface area (Å²) in [6.07, 6.45) is 12.6. The van der Waals surface area contributed by atoms with Crippen LogP contribution >= 0.6 is 0 Å². The topological polar surface area (TPSA) is 613 Å². The first kappa shape index (κ1) is 92.0.